The predicted octanol–water partition coefficient (Wildman–Crippen LogP) is 4.87. The number of hydrogen-bond acceptors (Lipinski definition) is 6. The second kappa shape index (κ2) is 9.96. The van der Waals surface area contributed by atoms with Crippen LogP contribution in [0.5, 0.6) is 5.75 Å². The summed E-state index contributed by atoms with van der Waals surface area (Å²) in [6.45, 7) is 3.42. The Balaban J connectivity index is 1.35. The van der Waals surface area contributed by atoms with E-state index in [0.29, 0.717) is 17.5 Å². The number of ketones is 1. The number of phenolic OH excluding ortho intramolecular Hbond substituents is 1. The Morgan fingerprint density at radius 2 is 1.91 bits per heavy atom. The summed E-state index contributed by atoms with van der Waals surface area (Å²) in [7, 11) is 0. The molecule has 7 nitrogen and oxygen atoms in total. The van der Waals surface area contributed by atoms with Gasteiger partial charge >= 0.3 is 0 Å². The molecule has 0 aromatic heterocycles. The van der Waals surface area contributed by atoms with Crippen molar-refractivity contribution in [3.05, 3.63) is 69.8 Å². The van der Waals surface area contributed by atoms with Crippen LogP contribution in [0.15, 0.2) is 48.5 Å². The molecule has 2 aromatic rings. The number of nitro groups is 1. The smallest absolute Gasteiger partial charge is 0.270 e. The Bertz CT molecular complexity index is 1000. The number of hydrogen-bond donors (Lipinski definition) is 2. The number of nitrogens with one attached hydrogen (secondary N) is 1. The molecule has 2 aliphatic rings. The molecule has 0 saturated carbocycles. The predicted molar refractivity (Wildman–Crippen MR) is 125 cm³/mol. The van der Waals surface area contributed by atoms with E-state index in [1.165, 1.54) is 75.5 Å². The van der Waals surface area contributed by atoms with Gasteiger partial charge in [0.1, 0.15) is 5.75 Å². The van der Waals surface area contributed by atoms with Crippen LogP contribution in [0.1, 0.15) is 48.0 Å². The van der Waals surface area contributed by atoms with E-state index in [0.717, 1.165) is 12.2 Å². The van der Waals surface area contributed by atoms with E-state index in [1.54, 1.807) is 12.1 Å². The van der Waals surface area contributed by atoms with Crippen molar-refractivity contribution in [1.29, 1.82) is 0 Å². The number of carbonyl (C=O) groups is 1. The number of non-ortho nitro benzene ring substituents is 1. The van der Waals surface area contributed by atoms with Gasteiger partial charge in [-0.2, -0.15) is 0 Å². The molecule has 168 valence electrons. The second-order valence-electron chi connectivity index (χ2n) is 8.66. The molecule has 0 amide bonds. The fraction of sp³-hybridized carbons (Fsp3) is 0.400. The van der Waals surface area contributed by atoms with Crippen LogP contribution in [0.3, 0.4) is 0 Å². The molecule has 2 atom stereocenters. The first-order valence-corrected chi connectivity index (χ1v) is 11.3. The standard InChI is InChI=1S/C25H29N3O4/c29-24(12-8-19-16-22(28(31)32)11-13-25(19)30)18-6-9-21(10-7-18)26-17-20-4-3-15-27-14-2-1-5-23(20)27/h6-13,16,20,23,26,30H,1-5,14-15,17H2/b12-8+. The maximum absolute atomic E-state index is 12.5. The van der Waals surface area contributed by atoms with Gasteiger partial charge in [0, 0.05) is 41.5 Å². The number of fused-ring (bicyclic) bond motifs is 1. The van der Waals surface area contributed by atoms with E-state index in [2.05, 4.69) is 10.2 Å². The van der Waals surface area contributed by atoms with Crippen LogP contribution >= 0.6 is 0 Å². The van der Waals surface area contributed by atoms with Crippen molar-refractivity contribution in [2.75, 3.05) is 25.0 Å². The van der Waals surface area contributed by atoms with Gasteiger partial charge in [-0.25, -0.2) is 0 Å². The van der Waals surface area contributed by atoms with E-state index in [-0.39, 0.29) is 22.8 Å². The lowest BCUT2D eigenvalue weighted by atomic mass is 9.83. The van der Waals surface area contributed by atoms with Crippen molar-refractivity contribution in [3.8, 4) is 5.75 Å². The summed E-state index contributed by atoms with van der Waals surface area (Å²) in [6, 6.07) is 11.8. The summed E-state index contributed by atoms with van der Waals surface area (Å²) < 4.78 is 0. The van der Waals surface area contributed by atoms with E-state index in [9.17, 15) is 20.0 Å². The summed E-state index contributed by atoms with van der Waals surface area (Å²) >= 11 is 0. The first kappa shape index (κ1) is 22.0. The van der Waals surface area contributed by atoms with Gasteiger partial charge in [0.2, 0.25) is 0 Å². The Kier molecular flexibility index (Phi) is 6.85. The normalized spacial score (nSPS) is 21.2. The molecule has 0 aliphatic carbocycles. The largest absolute Gasteiger partial charge is 0.507 e. The lowest BCUT2D eigenvalue weighted by Gasteiger charge is -2.44. The number of nitrogens with zero attached hydrogens (tertiary/aromatic N) is 2. The molecule has 0 bridgehead atoms. The molecule has 2 unspecified atom stereocenters. The number of benzene rings is 2. The fourth-order valence-corrected chi connectivity index (χ4v) is 4.87. The SMILES string of the molecule is O=C(/C=C/c1cc([N+](=O)[O-])ccc1O)c1ccc(NCC2CCCN3CCCCC23)cc1. The second-order valence-corrected chi connectivity index (χ2v) is 8.66. The molecular weight excluding hydrogens is 406 g/mol. The number of allylic oxidation sites excluding steroid dienone is 1. The third kappa shape index (κ3) is 5.16. The molecule has 4 rings (SSSR count). The molecule has 2 N–H and O–H groups in total. The summed E-state index contributed by atoms with van der Waals surface area (Å²) in [5, 5.41) is 24.3. The van der Waals surface area contributed by atoms with E-state index in [4.69, 9.17) is 0 Å². The van der Waals surface area contributed by atoms with Crippen LogP contribution in [-0.4, -0.2) is 46.4 Å². The molecular formula is C25H29N3O4. The molecule has 2 aliphatic heterocycles. The van der Waals surface area contributed by atoms with Crippen molar-refractivity contribution in [1.82, 2.24) is 4.90 Å². The first-order chi connectivity index (χ1) is 15.5. The van der Waals surface area contributed by atoms with Crippen LogP contribution < -0.4 is 5.32 Å². The average molecular weight is 436 g/mol. The number of phenols is 1. The van der Waals surface area contributed by atoms with Gasteiger partial charge in [0.05, 0.1) is 4.92 Å². The van der Waals surface area contributed by atoms with Crippen molar-refractivity contribution >= 4 is 23.2 Å². The molecule has 7 heteroatoms. The highest BCUT2D eigenvalue weighted by Crippen LogP contribution is 2.31. The number of carbonyl (C=O) groups excluding carboxylic acids is 1. The van der Waals surface area contributed by atoms with Gasteiger partial charge in [-0.3, -0.25) is 14.9 Å². The van der Waals surface area contributed by atoms with Crippen molar-refractivity contribution < 1.29 is 14.8 Å². The first-order valence-electron chi connectivity index (χ1n) is 11.3. The topological polar surface area (TPSA) is 95.7 Å². The van der Waals surface area contributed by atoms with Gasteiger partial charge < -0.3 is 15.3 Å². The average Bonchev–Trinajstić information content (AvgIpc) is 2.82. The van der Waals surface area contributed by atoms with E-state index >= 15 is 0 Å². The zero-order valence-electron chi connectivity index (χ0n) is 18.1. The minimum Gasteiger partial charge on any atom is -0.507 e. The fourth-order valence-electron chi connectivity index (χ4n) is 4.87. The Hall–Kier alpha value is -3.19. The molecule has 32 heavy (non-hydrogen) atoms. The molecule has 0 spiro atoms. The lowest BCUT2D eigenvalue weighted by Crippen LogP contribution is -2.49. The molecule has 2 saturated heterocycles. The molecule has 2 fully saturated rings. The van der Waals surface area contributed by atoms with Gasteiger partial charge in [-0.1, -0.05) is 6.42 Å². The van der Waals surface area contributed by atoms with Gasteiger partial charge in [0.15, 0.2) is 5.78 Å². The number of rotatable bonds is 7. The summed E-state index contributed by atoms with van der Waals surface area (Å²) in [5.41, 5.74) is 1.61. The van der Waals surface area contributed by atoms with Crippen LogP contribution in [0, 0.1) is 16.0 Å². The highest BCUT2D eigenvalue weighted by molar-refractivity contribution is 6.07. The Morgan fingerprint density at radius 1 is 1.12 bits per heavy atom. The number of anilines is 1. The van der Waals surface area contributed by atoms with Crippen molar-refractivity contribution in [3.63, 3.8) is 0 Å². The quantitative estimate of drug-likeness (QED) is 0.279. The zero-order valence-corrected chi connectivity index (χ0v) is 18.1. The van der Waals surface area contributed by atoms with E-state index in [1.807, 2.05) is 12.1 Å². The van der Waals surface area contributed by atoms with Gasteiger partial charge in [-0.05, 0) is 87.2 Å². The maximum Gasteiger partial charge on any atom is 0.270 e. The number of piperidine rings is 2. The summed E-state index contributed by atoms with van der Waals surface area (Å²) in [5.74, 6) is 0.321. The zero-order chi connectivity index (χ0) is 22.5. The third-order valence-electron chi connectivity index (χ3n) is 6.60. The van der Waals surface area contributed by atoms with Crippen LogP contribution in [0.2, 0.25) is 0 Å². The van der Waals surface area contributed by atoms with Crippen LogP contribution in [-0.2, 0) is 0 Å². The highest BCUT2D eigenvalue weighted by atomic mass is 16.6. The Labute approximate surface area is 187 Å². The molecule has 2 heterocycles. The van der Waals surface area contributed by atoms with Gasteiger partial charge in [0.25, 0.3) is 5.69 Å². The van der Waals surface area contributed by atoms with Crippen molar-refractivity contribution in [2.24, 2.45) is 5.92 Å². The van der Waals surface area contributed by atoms with E-state index < -0.39 is 4.92 Å². The van der Waals surface area contributed by atoms with Gasteiger partial charge in [-0.15, -0.1) is 0 Å². The van der Waals surface area contributed by atoms with Crippen molar-refractivity contribution in [2.45, 2.75) is 38.1 Å². The van der Waals surface area contributed by atoms with Crippen LogP contribution in [0.25, 0.3) is 6.08 Å². The Morgan fingerprint density at radius 3 is 2.69 bits per heavy atom. The molecule has 2 aromatic carbocycles. The third-order valence-corrected chi connectivity index (χ3v) is 6.60. The highest BCUT2D eigenvalue weighted by Gasteiger charge is 2.32. The van der Waals surface area contributed by atoms with Crippen LogP contribution in [0.4, 0.5) is 11.4 Å². The minimum atomic E-state index is -0.538. The number of aromatic hydroxyl groups is 1. The monoisotopic (exact) mass is 435 g/mol. The molecule has 0 radical (unpaired) electrons. The summed E-state index contributed by atoms with van der Waals surface area (Å²) in [4.78, 5) is 25.5. The summed E-state index contributed by atoms with van der Waals surface area (Å²) in [6.07, 6.45) is 9.20. The minimum absolute atomic E-state index is 0.113. The lowest BCUT2D eigenvalue weighted by molar-refractivity contribution is -0.384. The maximum atomic E-state index is 12.5. The number of nitro benzene ring substituents is 1.